The quantitative estimate of drug-likeness (QED) is 0.827. The molecule has 2 rings (SSSR count). The van der Waals surface area contributed by atoms with Gasteiger partial charge in [-0.1, -0.05) is 6.07 Å². The summed E-state index contributed by atoms with van der Waals surface area (Å²) >= 11 is 0. The average Bonchev–Trinajstić information content (AvgIpc) is 2.61. The highest BCUT2D eigenvalue weighted by Gasteiger charge is 2.24. The molecule has 0 spiro atoms. The number of urea groups is 1. The van der Waals surface area contributed by atoms with Crippen LogP contribution in [0.1, 0.15) is 45.2 Å². The van der Waals surface area contributed by atoms with E-state index in [1.54, 1.807) is 12.0 Å². The Kier molecular flexibility index (Phi) is 6.93. The van der Waals surface area contributed by atoms with Crippen molar-refractivity contribution in [1.29, 1.82) is 0 Å². The van der Waals surface area contributed by atoms with Gasteiger partial charge in [-0.25, -0.2) is 4.79 Å². The Bertz CT molecular complexity index is 577. The SMILES string of the molecule is COc1cc(C(C)NC(=O)N2CCCC(CO)C2)ccc1OC(C)C. The molecule has 0 aromatic heterocycles. The Labute approximate surface area is 150 Å². The van der Waals surface area contributed by atoms with Crippen molar-refractivity contribution in [2.45, 2.75) is 45.8 Å². The van der Waals surface area contributed by atoms with Gasteiger partial charge in [-0.2, -0.15) is 0 Å². The van der Waals surface area contributed by atoms with Crippen LogP contribution < -0.4 is 14.8 Å². The summed E-state index contributed by atoms with van der Waals surface area (Å²) in [5.41, 5.74) is 0.956. The van der Waals surface area contributed by atoms with Crippen molar-refractivity contribution in [3.63, 3.8) is 0 Å². The van der Waals surface area contributed by atoms with E-state index in [1.807, 2.05) is 39.0 Å². The molecule has 25 heavy (non-hydrogen) atoms. The lowest BCUT2D eigenvalue weighted by Crippen LogP contribution is -2.46. The number of ether oxygens (including phenoxy) is 2. The number of likely N-dealkylation sites (tertiary alicyclic amines) is 1. The zero-order valence-corrected chi connectivity index (χ0v) is 15.6. The van der Waals surface area contributed by atoms with Gasteiger partial charge in [0.15, 0.2) is 11.5 Å². The fourth-order valence-corrected chi connectivity index (χ4v) is 3.06. The molecule has 2 amide bonds. The summed E-state index contributed by atoms with van der Waals surface area (Å²) in [5, 5.41) is 12.3. The number of nitrogens with one attached hydrogen (secondary N) is 1. The molecule has 0 aliphatic carbocycles. The molecule has 1 aliphatic heterocycles. The van der Waals surface area contributed by atoms with Crippen molar-refractivity contribution < 1.29 is 19.4 Å². The maximum atomic E-state index is 12.5. The van der Waals surface area contributed by atoms with Crippen LogP contribution in [0.25, 0.3) is 0 Å². The van der Waals surface area contributed by atoms with E-state index in [0.717, 1.165) is 24.9 Å². The largest absolute Gasteiger partial charge is 0.493 e. The molecule has 1 saturated heterocycles. The lowest BCUT2D eigenvalue weighted by Gasteiger charge is -2.32. The zero-order chi connectivity index (χ0) is 18.4. The lowest BCUT2D eigenvalue weighted by molar-refractivity contribution is 0.128. The number of piperidine rings is 1. The molecule has 6 nitrogen and oxygen atoms in total. The van der Waals surface area contributed by atoms with Crippen LogP contribution in [0, 0.1) is 5.92 Å². The minimum absolute atomic E-state index is 0.0652. The molecule has 1 aromatic carbocycles. The van der Waals surface area contributed by atoms with E-state index in [1.165, 1.54) is 0 Å². The van der Waals surface area contributed by atoms with Crippen LogP contribution in [0.5, 0.6) is 11.5 Å². The first-order chi connectivity index (χ1) is 11.9. The third-order valence-corrected chi connectivity index (χ3v) is 4.45. The number of nitrogens with zero attached hydrogens (tertiary/aromatic N) is 1. The number of aliphatic hydroxyl groups excluding tert-OH is 1. The number of amides is 2. The molecule has 2 atom stereocenters. The highest BCUT2D eigenvalue weighted by molar-refractivity contribution is 5.74. The van der Waals surface area contributed by atoms with Crippen molar-refractivity contribution in [3.8, 4) is 11.5 Å². The Balaban J connectivity index is 2.02. The summed E-state index contributed by atoms with van der Waals surface area (Å²) < 4.78 is 11.1. The molecule has 0 saturated carbocycles. The van der Waals surface area contributed by atoms with Gasteiger partial charge in [-0.15, -0.1) is 0 Å². The van der Waals surface area contributed by atoms with Crippen LogP contribution in [0.3, 0.4) is 0 Å². The second-order valence-corrected chi connectivity index (χ2v) is 6.88. The first-order valence-corrected chi connectivity index (χ1v) is 8.95. The van der Waals surface area contributed by atoms with E-state index in [4.69, 9.17) is 9.47 Å². The standard InChI is InChI=1S/C19H30N2O4/c1-13(2)25-17-8-7-16(10-18(17)24-4)14(3)20-19(23)21-9-5-6-15(11-21)12-22/h7-8,10,13-15,22H,5-6,9,11-12H2,1-4H3,(H,20,23). The predicted octanol–water partition coefficient (Wildman–Crippen LogP) is 2.96. The number of carbonyl (C=O) groups excluding carboxylic acids is 1. The molecule has 1 aromatic rings. The predicted molar refractivity (Wildman–Crippen MR) is 97.1 cm³/mol. The van der Waals surface area contributed by atoms with Crippen molar-refractivity contribution in [2.24, 2.45) is 5.92 Å². The van der Waals surface area contributed by atoms with E-state index in [2.05, 4.69) is 5.32 Å². The lowest BCUT2D eigenvalue weighted by atomic mass is 9.99. The van der Waals surface area contributed by atoms with Gasteiger partial charge < -0.3 is 24.8 Å². The third-order valence-electron chi connectivity index (χ3n) is 4.45. The molecular formula is C19H30N2O4. The number of benzene rings is 1. The van der Waals surface area contributed by atoms with Crippen LogP contribution in [0.2, 0.25) is 0 Å². The zero-order valence-electron chi connectivity index (χ0n) is 15.6. The van der Waals surface area contributed by atoms with Crippen LogP contribution in [0.4, 0.5) is 4.79 Å². The van der Waals surface area contributed by atoms with E-state index in [9.17, 15) is 9.90 Å². The third kappa shape index (κ3) is 5.26. The first kappa shape index (κ1) is 19.4. The van der Waals surface area contributed by atoms with Gasteiger partial charge in [0.1, 0.15) is 0 Å². The molecule has 1 fully saturated rings. The normalized spacial score (nSPS) is 18.8. The molecule has 2 unspecified atom stereocenters. The molecule has 2 N–H and O–H groups in total. The van der Waals surface area contributed by atoms with Gasteiger partial charge in [0.05, 0.1) is 19.3 Å². The Morgan fingerprint density at radius 2 is 2.12 bits per heavy atom. The smallest absolute Gasteiger partial charge is 0.317 e. The topological polar surface area (TPSA) is 71.0 Å². The molecule has 0 radical (unpaired) electrons. The van der Waals surface area contributed by atoms with Crippen LogP contribution >= 0.6 is 0 Å². The molecule has 1 aliphatic rings. The number of hydrogen-bond donors (Lipinski definition) is 2. The van der Waals surface area contributed by atoms with Crippen molar-refractivity contribution in [2.75, 3.05) is 26.8 Å². The monoisotopic (exact) mass is 350 g/mol. The maximum absolute atomic E-state index is 12.5. The van der Waals surface area contributed by atoms with Gasteiger partial charge in [0.25, 0.3) is 0 Å². The first-order valence-electron chi connectivity index (χ1n) is 8.95. The van der Waals surface area contributed by atoms with Gasteiger partial charge in [-0.3, -0.25) is 0 Å². The van der Waals surface area contributed by atoms with E-state index >= 15 is 0 Å². The Morgan fingerprint density at radius 1 is 1.36 bits per heavy atom. The van der Waals surface area contributed by atoms with Crippen molar-refractivity contribution in [3.05, 3.63) is 23.8 Å². The minimum atomic E-state index is -0.149. The number of hydrogen-bond acceptors (Lipinski definition) is 4. The number of aliphatic hydroxyl groups is 1. The van der Waals surface area contributed by atoms with Gasteiger partial charge in [-0.05, 0) is 57.2 Å². The summed E-state index contributed by atoms with van der Waals surface area (Å²) in [6.45, 7) is 7.36. The Hall–Kier alpha value is -1.95. The fourth-order valence-electron chi connectivity index (χ4n) is 3.06. The molecule has 1 heterocycles. The maximum Gasteiger partial charge on any atom is 0.317 e. The second kappa shape index (κ2) is 8.94. The van der Waals surface area contributed by atoms with E-state index in [-0.39, 0.29) is 30.7 Å². The minimum Gasteiger partial charge on any atom is -0.493 e. The van der Waals surface area contributed by atoms with Crippen LogP contribution in [-0.4, -0.2) is 48.9 Å². The fraction of sp³-hybridized carbons (Fsp3) is 0.632. The Morgan fingerprint density at radius 3 is 2.76 bits per heavy atom. The highest BCUT2D eigenvalue weighted by Crippen LogP contribution is 2.31. The van der Waals surface area contributed by atoms with Crippen LogP contribution in [0.15, 0.2) is 18.2 Å². The van der Waals surface area contributed by atoms with Gasteiger partial charge in [0.2, 0.25) is 0 Å². The number of carbonyl (C=O) groups is 1. The summed E-state index contributed by atoms with van der Waals surface area (Å²) in [7, 11) is 1.61. The second-order valence-electron chi connectivity index (χ2n) is 6.88. The van der Waals surface area contributed by atoms with Crippen molar-refractivity contribution >= 4 is 6.03 Å². The van der Waals surface area contributed by atoms with E-state index in [0.29, 0.717) is 18.0 Å². The summed E-state index contributed by atoms with van der Waals surface area (Å²) in [6.07, 6.45) is 1.97. The molecular weight excluding hydrogens is 320 g/mol. The number of rotatable bonds is 6. The molecule has 0 bridgehead atoms. The summed E-state index contributed by atoms with van der Waals surface area (Å²) in [5.74, 6) is 1.54. The van der Waals surface area contributed by atoms with Gasteiger partial charge in [0, 0.05) is 19.7 Å². The van der Waals surface area contributed by atoms with Gasteiger partial charge >= 0.3 is 6.03 Å². The number of methoxy groups -OCH3 is 1. The molecule has 6 heteroatoms. The van der Waals surface area contributed by atoms with Crippen molar-refractivity contribution in [1.82, 2.24) is 10.2 Å². The van der Waals surface area contributed by atoms with E-state index < -0.39 is 0 Å². The highest BCUT2D eigenvalue weighted by atomic mass is 16.5. The average molecular weight is 350 g/mol. The molecule has 140 valence electrons. The van der Waals surface area contributed by atoms with Crippen LogP contribution in [-0.2, 0) is 0 Å². The summed E-state index contributed by atoms with van der Waals surface area (Å²) in [4.78, 5) is 14.3. The summed E-state index contributed by atoms with van der Waals surface area (Å²) in [6, 6.07) is 5.48.